The molecule has 8 atom stereocenters. The Hall–Kier alpha value is -6.85. The fraction of sp³-hybridized carbons (Fsp3) is 0.490. The van der Waals surface area contributed by atoms with Crippen LogP contribution in [0.15, 0.2) is 72.8 Å². The maximum absolute atomic E-state index is 14.8. The van der Waals surface area contributed by atoms with Gasteiger partial charge in [-0.15, -0.1) is 0 Å². The summed E-state index contributed by atoms with van der Waals surface area (Å²) in [4.78, 5) is 98.7. The van der Waals surface area contributed by atoms with Gasteiger partial charge in [0, 0.05) is 20.0 Å². The van der Waals surface area contributed by atoms with Gasteiger partial charge in [-0.25, -0.2) is 9.59 Å². The third kappa shape index (κ3) is 16.2. The zero-order valence-corrected chi connectivity index (χ0v) is 38.9. The number of rotatable bonds is 15. The summed E-state index contributed by atoms with van der Waals surface area (Å²) < 4.78 is 0. The van der Waals surface area contributed by atoms with E-state index in [1.54, 1.807) is 31.2 Å². The van der Waals surface area contributed by atoms with Gasteiger partial charge in [-0.1, -0.05) is 76.9 Å². The minimum absolute atomic E-state index is 0.0182. The number of aryl methyl sites for hydroxylation is 2. The maximum atomic E-state index is 14.8. The highest BCUT2D eigenvalue weighted by Gasteiger charge is 2.37. The summed E-state index contributed by atoms with van der Waals surface area (Å²) in [6.07, 6.45) is 2.18. The van der Waals surface area contributed by atoms with Crippen molar-refractivity contribution in [1.82, 2.24) is 36.8 Å². The van der Waals surface area contributed by atoms with Crippen LogP contribution in [0.25, 0.3) is 0 Å². The number of amides is 7. The molecule has 0 radical (unpaired) electrons. The topological polar surface area (TPSA) is 276 Å². The first kappa shape index (κ1) is 52.8. The molecule has 3 aromatic carbocycles. The molecule has 364 valence electrons. The number of aliphatic carboxylic acids is 1. The lowest BCUT2D eigenvalue weighted by Crippen LogP contribution is -2.61. The minimum atomic E-state index is -1.41. The number of phenolic OH excluding ortho intramolecular Hbond substituents is 3. The van der Waals surface area contributed by atoms with Crippen molar-refractivity contribution in [1.29, 1.82) is 0 Å². The number of carbonyl (C=O) groups excluding carboxylic acids is 6. The van der Waals surface area contributed by atoms with E-state index in [9.17, 15) is 54.0 Å². The van der Waals surface area contributed by atoms with Gasteiger partial charge in [0.15, 0.2) is 0 Å². The Kier molecular flexibility index (Phi) is 20.3. The van der Waals surface area contributed by atoms with Crippen LogP contribution in [-0.2, 0) is 48.0 Å². The Morgan fingerprint density at radius 2 is 1.16 bits per heavy atom. The molecule has 1 aliphatic rings. The second kappa shape index (κ2) is 25.7. The minimum Gasteiger partial charge on any atom is -0.508 e. The Morgan fingerprint density at radius 3 is 1.69 bits per heavy atom. The number of aromatic hydroxyl groups is 3. The van der Waals surface area contributed by atoms with Crippen molar-refractivity contribution in [2.45, 2.75) is 128 Å². The molecular formula is C49H67N7O11. The quantitative estimate of drug-likeness (QED) is 0.106. The SMILES string of the molecule is CC[C@H](C)[C@@H]1NC(=O)[C@H](NC(=O)N[C@H](Cc2ccc(O)cc2)C(=O)O)CCCCNC(=O)[C@H]([C@@H](C)CC)NC(=O)[C@H](CCc2ccc(O)cc2)N(C)C(=O)[C@H](CCc2ccc(O)cc2)NC1=O. The van der Waals surface area contributed by atoms with E-state index in [4.69, 9.17) is 0 Å². The van der Waals surface area contributed by atoms with E-state index < -0.39 is 83.7 Å². The van der Waals surface area contributed by atoms with Gasteiger partial charge in [0.2, 0.25) is 29.5 Å². The molecule has 0 aliphatic carbocycles. The van der Waals surface area contributed by atoms with Crippen molar-refractivity contribution in [3.63, 3.8) is 0 Å². The van der Waals surface area contributed by atoms with Crippen LogP contribution in [-0.4, -0.2) is 117 Å². The number of carboxylic acids is 1. The molecule has 0 unspecified atom stereocenters. The van der Waals surface area contributed by atoms with Gasteiger partial charge < -0.3 is 57.2 Å². The fourth-order valence-electron chi connectivity index (χ4n) is 7.76. The highest BCUT2D eigenvalue weighted by Crippen LogP contribution is 2.20. The molecule has 1 heterocycles. The van der Waals surface area contributed by atoms with Crippen LogP contribution in [0.1, 0.15) is 89.3 Å². The number of benzene rings is 3. The van der Waals surface area contributed by atoms with Gasteiger partial charge in [0.05, 0.1) is 0 Å². The van der Waals surface area contributed by atoms with Crippen LogP contribution in [0.2, 0.25) is 0 Å². The standard InChI is InChI=1S/C49H67N7O11/c1-6-29(3)41-45(62)50-27-9-8-10-37(52-49(67)53-39(48(65)66)28-33-15-23-36(59)24-16-33)43(60)54-42(30(4)7-2)46(63)51-38(25-17-31-11-19-34(57)20-12-31)47(64)56(5)40(44(61)55-41)26-18-32-13-21-35(58)22-14-32/h11-16,19-24,29-30,37-42,57-59H,6-10,17-18,25-28H2,1-5H3,(H,50,62)(H,51,63)(H,54,60)(H,55,61)(H,65,66)(H2,52,53,67)/t29-,30-,37+,38-,39+,40-,41-,42-/m0/s1. The lowest BCUT2D eigenvalue weighted by atomic mass is 9.95. The zero-order chi connectivity index (χ0) is 49.2. The van der Waals surface area contributed by atoms with Crippen LogP contribution in [0.3, 0.4) is 0 Å². The maximum Gasteiger partial charge on any atom is 0.326 e. The molecular weight excluding hydrogens is 863 g/mol. The molecule has 1 fully saturated rings. The van der Waals surface area contributed by atoms with Crippen molar-refractivity contribution in [2.24, 2.45) is 11.8 Å². The van der Waals surface area contributed by atoms with Crippen molar-refractivity contribution in [3.05, 3.63) is 89.5 Å². The summed E-state index contributed by atoms with van der Waals surface area (Å²) in [6.45, 7) is 7.41. The van der Waals surface area contributed by atoms with E-state index in [1.807, 2.05) is 20.8 Å². The number of hydrogen-bond acceptors (Lipinski definition) is 10. The van der Waals surface area contributed by atoms with Crippen LogP contribution in [0.4, 0.5) is 4.79 Å². The first-order chi connectivity index (χ1) is 31.9. The summed E-state index contributed by atoms with van der Waals surface area (Å²) in [5, 5.41) is 55.8. The van der Waals surface area contributed by atoms with E-state index in [-0.39, 0.29) is 68.2 Å². The first-order valence-corrected chi connectivity index (χ1v) is 23.0. The Labute approximate surface area is 391 Å². The zero-order valence-electron chi connectivity index (χ0n) is 38.9. The van der Waals surface area contributed by atoms with Gasteiger partial charge >= 0.3 is 12.0 Å². The van der Waals surface area contributed by atoms with E-state index >= 15 is 0 Å². The molecule has 3 aromatic rings. The molecule has 0 saturated carbocycles. The third-order valence-electron chi connectivity index (χ3n) is 12.4. The third-order valence-corrected chi connectivity index (χ3v) is 12.4. The molecule has 10 N–H and O–H groups in total. The van der Waals surface area contributed by atoms with Gasteiger partial charge in [0.1, 0.15) is 53.5 Å². The fourth-order valence-corrected chi connectivity index (χ4v) is 7.76. The number of phenols is 3. The smallest absolute Gasteiger partial charge is 0.326 e. The number of carbonyl (C=O) groups is 7. The molecule has 1 aliphatic heterocycles. The van der Waals surface area contributed by atoms with E-state index in [0.717, 1.165) is 11.1 Å². The summed E-state index contributed by atoms with van der Waals surface area (Å²) in [6, 6.07) is 10.4. The first-order valence-electron chi connectivity index (χ1n) is 23.0. The monoisotopic (exact) mass is 929 g/mol. The molecule has 7 amide bonds. The largest absolute Gasteiger partial charge is 0.508 e. The summed E-state index contributed by atoms with van der Waals surface area (Å²) in [5.74, 6) is -5.17. The molecule has 1 saturated heterocycles. The van der Waals surface area contributed by atoms with Crippen molar-refractivity contribution in [2.75, 3.05) is 13.6 Å². The van der Waals surface area contributed by atoms with E-state index in [0.29, 0.717) is 31.2 Å². The lowest BCUT2D eigenvalue weighted by molar-refractivity contribution is -0.143. The molecule has 18 heteroatoms. The van der Waals surface area contributed by atoms with Gasteiger partial charge in [-0.05, 0) is 110 Å². The predicted octanol–water partition coefficient (Wildman–Crippen LogP) is 3.41. The average Bonchev–Trinajstić information content (AvgIpc) is 3.30. The molecule has 0 bridgehead atoms. The predicted molar refractivity (Wildman–Crippen MR) is 250 cm³/mol. The number of carboxylic acid groups (broad SMARTS) is 1. The number of urea groups is 1. The second-order valence-corrected chi connectivity index (χ2v) is 17.4. The molecule has 0 aromatic heterocycles. The van der Waals surface area contributed by atoms with Crippen LogP contribution in [0.5, 0.6) is 17.2 Å². The molecule has 18 nitrogen and oxygen atoms in total. The Morgan fingerprint density at radius 1 is 0.672 bits per heavy atom. The number of likely N-dealkylation sites (N-methyl/N-ethyl adjacent to an activating group) is 1. The molecule has 0 spiro atoms. The Balaban J connectivity index is 1.71. The van der Waals surface area contributed by atoms with Crippen molar-refractivity contribution >= 4 is 41.5 Å². The van der Waals surface area contributed by atoms with Crippen LogP contribution < -0.4 is 31.9 Å². The number of nitrogens with zero attached hydrogens (tertiary/aromatic N) is 1. The highest BCUT2D eigenvalue weighted by molar-refractivity contribution is 5.96. The highest BCUT2D eigenvalue weighted by atomic mass is 16.4. The molecule has 4 rings (SSSR count). The Bertz CT molecular complexity index is 2140. The van der Waals surface area contributed by atoms with E-state index in [1.165, 1.54) is 60.5 Å². The lowest BCUT2D eigenvalue weighted by Gasteiger charge is -2.34. The van der Waals surface area contributed by atoms with E-state index in [2.05, 4.69) is 31.9 Å². The summed E-state index contributed by atoms with van der Waals surface area (Å²) >= 11 is 0. The average molecular weight is 930 g/mol. The van der Waals surface area contributed by atoms with Crippen LogP contribution >= 0.6 is 0 Å². The normalized spacial score (nSPS) is 21.7. The van der Waals surface area contributed by atoms with Crippen molar-refractivity contribution in [3.8, 4) is 17.2 Å². The number of hydrogen-bond donors (Lipinski definition) is 10. The van der Waals surface area contributed by atoms with Gasteiger partial charge in [-0.3, -0.25) is 24.0 Å². The van der Waals surface area contributed by atoms with Crippen molar-refractivity contribution < 1.29 is 54.0 Å². The van der Waals surface area contributed by atoms with Crippen LogP contribution in [0, 0.1) is 11.8 Å². The summed E-state index contributed by atoms with van der Waals surface area (Å²) in [5.41, 5.74) is 2.04. The van der Waals surface area contributed by atoms with Gasteiger partial charge in [0.25, 0.3) is 0 Å². The second-order valence-electron chi connectivity index (χ2n) is 17.4. The number of nitrogens with one attached hydrogen (secondary N) is 6. The van der Waals surface area contributed by atoms with Gasteiger partial charge in [-0.2, -0.15) is 0 Å². The summed E-state index contributed by atoms with van der Waals surface area (Å²) in [7, 11) is 1.46. The molecule has 67 heavy (non-hydrogen) atoms.